The largest absolute Gasteiger partial charge is 0.378 e. The van der Waals surface area contributed by atoms with Crippen LogP contribution in [-0.2, 0) is 21.2 Å². The van der Waals surface area contributed by atoms with Crippen molar-refractivity contribution in [3.63, 3.8) is 0 Å². The molecular formula is C14H20ClNO3S. The van der Waals surface area contributed by atoms with Crippen molar-refractivity contribution in [3.8, 4) is 0 Å². The molecule has 1 atom stereocenters. The first-order valence-corrected chi connectivity index (χ1v) is 8.92. The van der Waals surface area contributed by atoms with Crippen molar-refractivity contribution in [1.29, 1.82) is 0 Å². The molecule has 1 heterocycles. The first kappa shape index (κ1) is 15.8. The normalized spacial score (nSPS) is 19.4. The highest BCUT2D eigenvalue weighted by atomic mass is 35.5. The van der Waals surface area contributed by atoms with Crippen molar-refractivity contribution < 1.29 is 13.2 Å². The summed E-state index contributed by atoms with van der Waals surface area (Å²) in [6, 6.07) is 7.47. The predicted octanol–water partition coefficient (Wildman–Crippen LogP) is 2.37. The lowest BCUT2D eigenvalue weighted by Gasteiger charge is -2.11. The number of ether oxygens (including phenoxy) is 1. The van der Waals surface area contributed by atoms with Crippen LogP contribution >= 0.6 is 11.6 Å². The van der Waals surface area contributed by atoms with Crippen molar-refractivity contribution >= 4 is 21.6 Å². The van der Waals surface area contributed by atoms with Gasteiger partial charge in [-0.3, -0.25) is 0 Å². The molecule has 0 aliphatic carbocycles. The molecule has 1 aromatic rings. The van der Waals surface area contributed by atoms with Crippen LogP contribution in [0.4, 0.5) is 0 Å². The number of hydrogen-bond donors (Lipinski definition) is 1. The van der Waals surface area contributed by atoms with Crippen LogP contribution in [0.1, 0.15) is 24.8 Å². The standard InChI is InChI=1S/C14H20ClNO3S/c15-14-6-2-1-4-12(14)7-9-16-20(17,18)11-8-13-5-3-10-19-13/h1-2,4,6,13,16H,3,5,7-11H2/t13-/m1/s1. The first-order chi connectivity index (χ1) is 9.57. The highest BCUT2D eigenvalue weighted by Crippen LogP contribution is 2.16. The fourth-order valence-corrected chi connectivity index (χ4v) is 3.63. The molecule has 0 aromatic heterocycles. The van der Waals surface area contributed by atoms with Crippen molar-refractivity contribution in [1.82, 2.24) is 4.72 Å². The van der Waals surface area contributed by atoms with Gasteiger partial charge in [0, 0.05) is 18.2 Å². The van der Waals surface area contributed by atoms with Crippen LogP contribution in [0.15, 0.2) is 24.3 Å². The van der Waals surface area contributed by atoms with Crippen LogP contribution in [0.2, 0.25) is 5.02 Å². The lowest BCUT2D eigenvalue weighted by Crippen LogP contribution is -2.29. The number of rotatable bonds is 7. The molecular weight excluding hydrogens is 298 g/mol. The van der Waals surface area contributed by atoms with Crippen molar-refractivity contribution in [3.05, 3.63) is 34.9 Å². The van der Waals surface area contributed by atoms with Crippen LogP contribution in [0.25, 0.3) is 0 Å². The Balaban J connectivity index is 1.73. The molecule has 1 saturated heterocycles. The van der Waals surface area contributed by atoms with E-state index in [1.807, 2.05) is 24.3 Å². The molecule has 6 heteroatoms. The molecule has 4 nitrogen and oxygen atoms in total. The third-order valence-electron chi connectivity index (χ3n) is 3.41. The van der Waals surface area contributed by atoms with Crippen LogP contribution in [0.5, 0.6) is 0 Å². The minimum atomic E-state index is -3.23. The van der Waals surface area contributed by atoms with Gasteiger partial charge in [0.25, 0.3) is 0 Å². The molecule has 1 fully saturated rings. The zero-order valence-electron chi connectivity index (χ0n) is 11.3. The Bertz CT molecular complexity index is 527. The summed E-state index contributed by atoms with van der Waals surface area (Å²) in [6.45, 7) is 1.13. The highest BCUT2D eigenvalue weighted by Gasteiger charge is 2.19. The number of hydrogen-bond acceptors (Lipinski definition) is 3. The van der Waals surface area contributed by atoms with Gasteiger partial charge in [-0.25, -0.2) is 13.1 Å². The quantitative estimate of drug-likeness (QED) is 0.840. The molecule has 1 N–H and O–H groups in total. The topological polar surface area (TPSA) is 55.4 Å². The van der Waals surface area contributed by atoms with Crippen LogP contribution in [-0.4, -0.2) is 33.4 Å². The monoisotopic (exact) mass is 317 g/mol. The molecule has 20 heavy (non-hydrogen) atoms. The van der Waals surface area contributed by atoms with E-state index in [9.17, 15) is 8.42 Å². The number of nitrogens with one attached hydrogen (secondary N) is 1. The van der Waals surface area contributed by atoms with E-state index in [4.69, 9.17) is 16.3 Å². The third-order valence-corrected chi connectivity index (χ3v) is 5.19. The van der Waals surface area contributed by atoms with E-state index < -0.39 is 10.0 Å². The molecule has 0 bridgehead atoms. The van der Waals surface area contributed by atoms with Gasteiger partial charge in [0.15, 0.2) is 0 Å². The van der Waals surface area contributed by atoms with Gasteiger partial charge in [-0.2, -0.15) is 0 Å². The van der Waals surface area contributed by atoms with Crippen LogP contribution in [0.3, 0.4) is 0 Å². The Morgan fingerprint density at radius 1 is 1.35 bits per heavy atom. The summed E-state index contributed by atoms with van der Waals surface area (Å²) in [5, 5.41) is 0.672. The average molecular weight is 318 g/mol. The fraction of sp³-hybridized carbons (Fsp3) is 0.571. The maximum atomic E-state index is 11.9. The maximum absolute atomic E-state index is 11.9. The maximum Gasteiger partial charge on any atom is 0.211 e. The molecule has 1 aromatic carbocycles. The lowest BCUT2D eigenvalue weighted by atomic mass is 10.1. The summed E-state index contributed by atoms with van der Waals surface area (Å²) >= 11 is 6.03. The fourth-order valence-electron chi connectivity index (χ4n) is 2.27. The van der Waals surface area contributed by atoms with Gasteiger partial charge in [0.1, 0.15) is 0 Å². The van der Waals surface area contributed by atoms with E-state index in [-0.39, 0.29) is 11.9 Å². The summed E-state index contributed by atoms with van der Waals surface area (Å²) in [5.74, 6) is 0.125. The zero-order chi connectivity index (χ0) is 14.4. The molecule has 0 unspecified atom stereocenters. The Morgan fingerprint density at radius 3 is 2.85 bits per heavy atom. The van der Waals surface area contributed by atoms with Gasteiger partial charge < -0.3 is 4.74 Å². The van der Waals surface area contributed by atoms with Crippen LogP contribution < -0.4 is 4.72 Å². The van der Waals surface area contributed by atoms with E-state index in [0.717, 1.165) is 25.0 Å². The van der Waals surface area contributed by atoms with E-state index in [1.54, 1.807) is 0 Å². The molecule has 1 aliphatic heterocycles. The summed E-state index contributed by atoms with van der Waals surface area (Å²) < 4.78 is 31.8. The van der Waals surface area contributed by atoms with Gasteiger partial charge in [-0.05, 0) is 37.3 Å². The predicted molar refractivity (Wildman–Crippen MR) is 80.5 cm³/mol. The second kappa shape index (κ2) is 7.41. The van der Waals surface area contributed by atoms with Crippen molar-refractivity contribution in [2.24, 2.45) is 0 Å². The van der Waals surface area contributed by atoms with Gasteiger partial charge >= 0.3 is 0 Å². The molecule has 1 aliphatic rings. The second-order valence-electron chi connectivity index (χ2n) is 4.98. The molecule has 2 rings (SSSR count). The minimum Gasteiger partial charge on any atom is -0.378 e. The number of halogens is 1. The summed E-state index contributed by atoms with van der Waals surface area (Å²) in [4.78, 5) is 0. The lowest BCUT2D eigenvalue weighted by molar-refractivity contribution is 0.109. The Hall–Kier alpha value is -0.620. The van der Waals surface area contributed by atoms with Crippen molar-refractivity contribution in [2.45, 2.75) is 31.8 Å². The van der Waals surface area contributed by atoms with E-state index in [2.05, 4.69) is 4.72 Å². The van der Waals surface area contributed by atoms with Crippen molar-refractivity contribution in [2.75, 3.05) is 18.9 Å². The minimum absolute atomic E-state index is 0.107. The Labute approximate surface area is 125 Å². The van der Waals surface area contributed by atoms with E-state index in [1.165, 1.54) is 0 Å². The second-order valence-corrected chi connectivity index (χ2v) is 7.31. The molecule has 0 spiro atoms. The third kappa shape index (κ3) is 5.05. The molecule has 112 valence electrons. The summed E-state index contributed by atoms with van der Waals surface area (Å²) in [5.41, 5.74) is 0.955. The Morgan fingerprint density at radius 2 is 2.15 bits per heavy atom. The molecule has 0 radical (unpaired) electrons. The van der Waals surface area contributed by atoms with Gasteiger partial charge in [-0.1, -0.05) is 29.8 Å². The van der Waals surface area contributed by atoms with E-state index >= 15 is 0 Å². The molecule has 0 saturated carbocycles. The zero-order valence-corrected chi connectivity index (χ0v) is 12.9. The SMILES string of the molecule is O=S(=O)(CC[C@H]1CCCO1)NCCc1ccccc1Cl. The summed E-state index contributed by atoms with van der Waals surface area (Å²) in [7, 11) is -3.23. The van der Waals surface area contributed by atoms with Gasteiger partial charge in [-0.15, -0.1) is 0 Å². The van der Waals surface area contributed by atoms with E-state index in [0.29, 0.717) is 24.4 Å². The number of sulfonamides is 1. The van der Waals surface area contributed by atoms with Crippen LogP contribution in [0, 0.1) is 0 Å². The summed E-state index contributed by atoms with van der Waals surface area (Å²) in [6.07, 6.45) is 3.27. The molecule has 0 amide bonds. The average Bonchev–Trinajstić information content (AvgIpc) is 2.92. The number of benzene rings is 1. The first-order valence-electron chi connectivity index (χ1n) is 6.89. The Kier molecular flexibility index (Phi) is 5.84. The van der Waals surface area contributed by atoms with Gasteiger partial charge in [0.05, 0.1) is 11.9 Å². The van der Waals surface area contributed by atoms with Gasteiger partial charge in [0.2, 0.25) is 10.0 Å². The highest BCUT2D eigenvalue weighted by molar-refractivity contribution is 7.89. The smallest absolute Gasteiger partial charge is 0.211 e.